The first-order chi connectivity index (χ1) is 8.18. The van der Waals surface area contributed by atoms with Crippen LogP contribution in [0.15, 0.2) is 60.7 Å². The zero-order valence-corrected chi connectivity index (χ0v) is 9.89. The Morgan fingerprint density at radius 1 is 0.941 bits per heavy atom. The molecule has 0 aliphatic rings. The quantitative estimate of drug-likeness (QED) is 0.797. The van der Waals surface area contributed by atoms with Crippen LogP contribution in [0.3, 0.4) is 0 Å². The summed E-state index contributed by atoms with van der Waals surface area (Å²) in [6.45, 7) is 0. The number of carbonyl (C=O) groups is 1. The van der Waals surface area contributed by atoms with Crippen LogP contribution in [-0.4, -0.2) is 6.03 Å². The molecule has 0 atom stereocenters. The molecule has 2 aromatic carbocycles. The largest absolute Gasteiger partial charge is 0.351 e. The van der Waals surface area contributed by atoms with Gasteiger partial charge in [-0.1, -0.05) is 48.0 Å². The lowest BCUT2D eigenvalue weighted by atomic mass is 10.3. The van der Waals surface area contributed by atoms with Crippen LogP contribution >= 0.6 is 11.6 Å². The summed E-state index contributed by atoms with van der Waals surface area (Å²) in [5.41, 5.74) is 5.59. The number of hydrogen-bond acceptors (Lipinski definition) is 1. The van der Waals surface area contributed by atoms with Crippen LogP contribution in [-0.2, 0) is 0 Å². The van der Waals surface area contributed by atoms with Gasteiger partial charge in [0.25, 0.3) is 0 Å². The van der Waals surface area contributed by atoms with Gasteiger partial charge in [0.15, 0.2) is 0 Å². The van der Waals surface area contributed by atoms with Crippen molar-refractivity contribution >= 4 is 23.3 Å². The third kappa shape index (κ3) is 6.22. The molecule has 3 nitrogen and oxygen atoms in total. The van der Waals surface area contributed by atoms with Crippen molar-refractivity contribution in [3.63, 3.8) is 0 Å². The maximum atomic E-state index is 10.3. The topological polar surface area (TPSA) is 55.1 Å². The highest BCUT2D eigenvalue weighted by molar-refractivity contribution is 6.30. The smallest absolute Gasteiger partial charge is 0.316 e. The Morgan fingerprint density at radius 2 is 1.41 bits per heavy atom. The SMILES string of the molecule is Clc1ccccc1.NC(=O)Nc1ccccc1. The van der Waals surface area contributed by atoms with E-state index in [1.165, 1.54) is 0 Å². The first kappa shape index (κ1) is 13.1. The molecule has 2 rings (SSSR count). The minimum Gasteiger partial charge on any atom is -0.351 e. The second kappa shape index (κ2) is 7.30. The van der Waals surface area contributed by atoms with Crippen molar-refractivity contribution in [3.05, 3.63) is 65.7 Å². The van der Waals surface area contributed by atoms with E-state index in [0.29, 0.717) is 0 Å². The number of nitrogens with two attached hydrogens (primary N) is 1. The van der Waals surface area contributed by atoms with Crippen molar-refractivity contribution < 1.29 is 4.79 Å². The summed E-state index contributed by atoms with van der Waals surface area (Å²) < 4.78 is 0. The van der Waals surface area contributed by atoms with Gasteiger partial charge < -0.3 is 11.1 Å². The average molecular weight is 249 g/mol. The van der Waals surface area contributed by atoms with Crippen LogP contribution in [0.1, 0.15) is 0 Å². The molecule has 0 aromatic heterocycles. The second-order valence-corrected chi connectivity index (χ2v) is 3.59. The Kier molecular flexibility index (Phi) is 5.61. The van der Waals surface area contributed by atoms with Crippen LogP contribution < -0.4 is 11.1 Å². The molecule has 0 unspecified atom stereocenters. The Labute approximate surface area is 105 Å². The number of benzene rings is 2. The van der Waals surface area contributed by atoms with Gasteiger partial charge in [-0.15, -0.1) is 0 Å². The highest BCUT2D eigenvalue weighted by atomic mass is 35.5. The second-order valence-electron chi connectivity index (χ2n) is 3.15. The standard InChI is InChI=1S/C7H8N2O.C6H5Cl/c8-7(10)9-6-4-2-1-3-5-6;7-6-4-2-1-3-5-6/h1-5H,(H3,8,9,10);1-5H. The van der Waals surface area contributed by atoms with E-state index in [0.717, 1.165) is 10.7 Å². The summed E-state index contributed by atoms with van der Waals surface area (Å²) >= 11 is 5.54. The molecular formula is C13H13ClN2O. The van der Waals surface area contributed by atoms with Crippen LogP contribution in [0.4, 0.5) is 10.5 Å². The summed E-state index contributed by atoms with van der Waals surface area (Å²) in [4.78, 5) is 10.3. The molecule has 0 radical (unpaired) electrons. The first-order valence-corrected chi connectivity index (χ1v) is 5.38. The predicted molar refractivity (Wildman–Crippen MR) is 71.1 cm³/mol. The minimum absolute atomic E-state index is 0.536. The molecule has 0 aliphatic heterocycles. The van der Waals surface area contributed by atoms with Gasteiger partial charge in [0, 0.05) is 10.7 Å². The number of amides is 2. The summed E-state index contributed by atoms with van der Waals surface area (Å²) in [7, 11) is 0. The molecule has 2 amide bonds. The zero-order valence-electron chi connectivity index (χ0n) is 9.14. The number of urea groups is 1. The maximum Gasteiger partial charge on any atom is 0.316 e. The normalized spacial score (nSPS) is 8.76. The Bertz CT molecular complexity index is 445. The van der Waals surface area contributed by atoms with Gasteiger partial charge in [0.1, 0.15) is 0 Å². The number of halogens is 1. The number of carbonyl (C=O) groups excluding carboxylic acids is 1. The maximum absolute atomic E-state index is 10.3. The van der Waals surface area contributed by atoms with E-state index in [2.05, 4.69) is 5.32 Å². The Balaban J connectivity index is 0.000000181. The molecule has 3 N–H and O–H groups in total. The van der Waals surface area contributed by atoms with Crippen molar-refractivity contribution in [2.45, 2.75) is 0 Å². The lowest BCUT2D eigenvalue weighted by Gasteiger charge is -1.97. The van der Waals surface area contributed by atoms with Crippen molar-refractivity contribution in [3.8, 4) is 0 Å². The van der Waals surface area contributed by atoms with Gasteiger partial charge >= 0.3 is 6.03 Å². The average Bonchev–Trinajstić information content (AvgIpc) is 2.31. The fourth-order valence-corrected chi connectivity index (χ4v) is 1.22. The van der Waals surface area contributed by atoms with Crippen molar-refractivity contribution in [1.82, 2.24) is 0 Å². The fourth-order valence-electron chi connectivity index (χ4n) is 1.08. The summed E-state index contributed by atoms with van der Waals surface area (Å²) in [5, 5.41) is 3.24. The molecule has 0 heterocycles. The number of nitrogens with one attached hydrogen (secondary N) is 1. The van der Waals surface area contributed by atoms with E-state index >= 15 is 0 Å². The molecule has 0 spiro atoms. The van der Waals surface area contributed by atoms with Gasteiger partial charge in [0.05, 0.1) is 0 Å². The molecular weight excluding hydrogens is 236 g/mol. The van der Waals surface area contributed by atoms with Crippen LogP contribution in [0.2, 0.25) is 5.02 Å². The molecule has 4 heteroatoms. The zero-order chi connectivity index (χ0) is 12.5. The molecule has 0 fully saturated rings. The number of para-hydroxylation sites is 1. The van der Waals surface area contributed by atoms with Gasteiger partial charge in [-0.05, 0) is 24.3 Å². The van der Waals surface area contributed by atoms with Gasteiger partial charge in [-0.3, -0.25) is 0 Å². The van der Waals surface area contributed by atoms with Crippen molar-refractivity contribution in [1.29, 1.82) is 0 Å². The van der Waals surface area contributed by atoms with Gasteiger partial charge in [-0.2, -0.15) is 0 Å². The van der Waals surface area contributed by atoms with E-state index in [1.54, 1.807) is 12.1 Å². The lowest BCUT2D eigenvalue weighted by molar-refractivity contribution is 0.259. The van der Waals surface area contributed by atoms with Crippen LogP contribution in [0.25, 0.3) is 0 Å². The Morgan fingerprint density at radius 3 is 1.76 bits per heavy atom. The van der Waals surface area contributed by atoms with Gasteiger partial charge in [0.2, 0.25) is 0 Å². The predicted octanol–water partition coefficient (Wildman–Crippen LogP) is 3.52. The van der Waals surface area contributed by atoms with Gasteiger partial charge in [-0.25, -0.2) is 4.79 Å². The van der Waals surface area contributed by atoms with E-state index < -0.39 is 6.03 Å². The molecule has 0 saturated carbocycles. The third-order valence-corrected chi connectivity index (χ3v) is 2.03. The third-order valence-electron chi connectivity index (χ3n) is 1.77. The van der Waals surface area contributed by atoms with E-state index in [4.69, 9.17) is 17.3 Å². The molecule has 0 bridgehead atoms. The Hall–Kier alpha value is -2.00. The molecule has 88 valence electrons. The highest BCUT2D eigenvalue weighted by Crippen LogP contribution is 2.03. The molecule has 17 heavy (non-hydrogen) atoms. The van der Waals surface area contributed by atoms with E-state index in [-0.39, 0.29) is 0 Å². The van der Waals surface area contributed by atoms with Crippen molar-refractivity contribution in [2.75, 3.05) is 5.32 Å². The minimum atomic E-state index is -0.536. The summed E-state index contributed by atoms with van der Waals surface area (Å²) in [5.74, 6) is 0. The molecule has 2 aromatic rings. The number of anilines is 1. The molecule has 0 saturated heterocycles. The lowest BCUT2D eigenvalue weighted by Crippen LogP contribution is -2.18. The fraction of sp³-hybridized carbons (Fsp3) is 0. The van der Waals surface area contributed by atoms with E-state index in [1.807, 2.05) is 48.5 Å². The summed E-state index contributed by atoms with van der Waals surface area (Å²) in [6.07, 6.45) is 0. The van der Waals surface area contributed by atoms with E-state index in [9.17, 15) is 4.79 Å². The summed E-state index contributed by atoms with van der Waals surface area (Å²) in [6, 6.07) is 18.0. The number of primary amides is 1. The monoisotopic (exact) mass is 248 g/mol. The highest BCUT2D eigenvalue weighted by Gasteiger charge is 1.90. The first-order valence-electron chi connectivity index (χ1n) is 5.00. The van der Waals surface area contributed by atoms with Crippen molar-refractivity contribution in [2.24, 2.45) is 5.73 Å². The van der Waals surface area contributed by atoms with Crippen LogP contribution in [0.5, 0.6) is 0 Å². The molecule has 0 aliphatic carbocycles. The number of rotatable bonds is 1. The van der Waals surface area contributed by atoms with Crippen LogP contribution in [0, 0.1) is 0 Å². The number of hydrogen-bond donors (Lipinski definition) is 2.